The summed E-state index contributed by atoms with van der Waals surface area (Å²) in [5, 5.41) is 9.65. The fourth-order valence-electron chi connectivity index (χ4n) is 3.23. The average Bonchev–Trinajstić information content (AvgIpc) is 2.98. The number of hydrogen-bond donors (Lipinski definition) is 1. The first kappa shape index (κ1) is 17.8. The molecule has 0 bridgehead atoms. The predicted molar refractivity (Wildman–Crippen MR) is 111 cm³/mol. The summed E-state index contributed by atoms with van der Waals surface area (Å²) >= 11 is 12.3. The van der Waals surface area contributed by atoms with Crippen LogP contribution in [0.25, 0.3) is 22.0 Å². The number of halogens is 2. The van der Waals surface area contributed by atoms with Gasteiger partial charge in [0.2, 0.25) is 0 Å². The molecule has 0 spiro atoms. The van der Waals surface area contributed by atoms with Gasteiger partial charge in [-0.05, 0) is 55.3 Å². The normalized spacial score (nSPS) is 11.1. The van der Waals surface area contributed by atoms with Crippen molar-refractivity contribution in [2.45, 2.75) is 20.4 Å². The minimum atomic E-state index is 0.446. The Morgan fingerprint density at radius 2 is 1.89 bits per heavy atom. The molecule has 6 heteroatoms. The van der Waals surface area contributed by atoms with E-state index in [2.05, 4.69) is 21.5 Å². The second kappa shape index (κ2) is 7.22. The van der Waals surface area contributed by atoms with Crippen LogP contribution >= 0.6 is 23.2 Å². The zero-order valence-corrected chi connectivity index (χ0v) is 16.4. The Labute approximate surface area is 167 Å². The average molecular weight is 398 g/mol. The number of benzene rings is 2. The number of anilines is 1. The summed E-state index contributed by atoms with van der Waals surface area (Å²) in [5.74, 6) is 0.794. The predicted octanol–water partition coefficient (Wildman–Crippen LogP) is 6.43. The summed E-state index contributed by atoms with van der Waals surface area (Å²) in [6, 6.07) is 15.7. The lowest BCUT2D eigenvalue weighted by Crippen LogP contribution is -2.01. The van der Waals surface area contributed by atoms with Gasteiger partial charge in [0.05, 0.1) is 11.2 Å². The third kappa shape index (κ3) is 3.64. The van der Waals surface area contributed by atoms with Gasteiger partial charge >= 0.3 is 0 Å². The largest absolute Gasteiger partial charge is 0.380 e. The molecule has 0 aliphatic heterocycles. The van der Waals surface area contributed by atoms with Crippen LogP contribution in [0.5, 0.6) is 0 Å². The quantitative estimate of drug-likeness (QED) is 0.403. The van der Waals surface area contributed by atoms with Crippen molar-refractivity contribution in [3.8, 4) is 11.1 Å². The third-order valence-corrected chi connectivity index (χ3v) is 4.90. The maximum absolute atomic E-state index is 6.22. The van der Waals surface area contributed by atoms with Crippen LogP contribution in [0.4, 0.5) is 5.69 Å². The molecule has 0 amide bonds. The first-order valence-corrected chi connectivity index (χ1v) is 9.29. The van der Waals surface area contributed by atoms with Crippen LogP contribution in [0.2, 0.25) is 10.2 Å². The van der Waals surface area contributed by atoms with Crippen molar-refractivity contribution in [3.63, 3.8) is 0 Å². The van der Waals surface area contributed by atoms with Gasteiger partial charge in [-0.15, -0.1) is 0 Å². The first-order valence-electron chi connectivity index (χ1n) is 8.53. The summed E-state index contributed by atoms with van der Waals surface area (Å²) < 4.78 is 5.31. The van der Waals surface area contributed by atoms with Gasteiger partial charge in [-0.3, -0.25) is 0 Å². The van der Waals surface area contributed by atoms with Crippen molar-refractivity contribution in [1.82, 2.24) is 10.1 Å². The second-order valence-corrected chi connectivity index (χ2v) is 7.23. The number of nitrogens with one attached hydrogen (secondary N) is 1. The van der Waals surface area contributed by atoms with E-state index >= 15 is 0 Å². The summed E-state index contributed by atoms with van der Waals surface area (Å²) in [4.78, 5) is 4.44. The highest BCUT2D eigenvalue weighted by molar-refractivity contribution is 6.30. The van der Waals surface area contributed by atoms with E-state index in [9.17, 15) is 0 Å². The molecule has 0 radical (unpaired) electrons. The molecule has 2 aromatic carbocycles. The van der Waals surface area contributed by atoms with Crippen molar-refractivity contribution in [2.24, 2.45) is 0 Å². The highest BCUT2D eigenvalue weighted by Crippen LogP contribution is 2.33. The molecule has 4 rings (SSSR count). The number of hydrogen-bond acceptors (Lipinski definition) is 4. The SMILES string of the molecule is Cc1noc(C)c1-c1ccc2nc(Cl)cc(NCc3cccc(Cl)c3)c2c1. The van der Waals surface area contributed by atoms with Crippen molar-refractivity contribution in [2.75, 3.05) is 5.32 Å². The van der Waals surface area contributed by atoms with Crippen molar-refractivity contribution >= 4 is 39.8 Å². The monoisotopic (exact) mass is 397 g/mol. The van der Waals surface area contributed by atoms with E-state index in [0.29, 0.717) is 16.7 Å². The van der Waals surface area contributed by atoms with E-state index < -0.39 is 0 Å². The molecule has 2 aromatic heterocycles. The van der Waals surface area contributed by atoms with E-state index in [-0.39, 0.29) is 0 Å². The fraction of sp³-hybridized carbons (Fsp3) is 0.143. The molecule has 0 saturated heterocycles. The number of fused-ring (bicyclic) bond motifs is 1. The van der Waals surface area contributed by atoms with Crippen LogP contribution in [0.15, 0.2) is 53.1 Å². The summed E-state index contributed by atoms with van der Waals surface area (Å²) in [6.45, 7) is 4.48. The molecule has 27 heavy (non-hydrogen) atoms. The van der Waals surface area contributed by atoms with Gasteiger partial charge in [0.1, 0.15) is 10.9 Å². The Morgan fingerprint density at radius 1 is 1.04 bits per heavy atom. The molecule has 4 nitrogen and oxygen atoms in total. The van der Waals surface area contributed by atoms with Gasteiger partial charge in [0, 0.05) is 28.2 Å². The highest BCUT2D eigenvalue weighted by atomic mass is 35.5. The third-order valence-electron chi connectivity index (χ3n) is 4.47. The molecule has 0 aliphatic carbocycles. The Kier molecular flexibility index (Phi) is 4.77. The maximum atomic E-state index is 6.22. The van der Waals surface area contributed by atoms with E-state index in [1.807, 2.05) is 56.3 Å². The van der Waals surface area contributed by atoms with Crippen molar-refractivity contribution in [3.05, 3.63) is 75.7 Å². The van der Waals surface area contributed by atoms with Crippen molar-refractivity contribution in [1.29, 1.82) is 0 Å². The summed E-state index contributed by atoms with van der Waals surface area (Å²) in [7, 11) is 0. The Hall–Kier alpha value is -2.56. The zero-order valence-electron chi connectivity index (χ0n) is 14.9. The smallest absolute Gasteiger partial charge is 0.141 e. The molecule has 1 N–H and O–H groups in total. The molecule has 2 heterocycles. The fourth-order valence-corrected chi connectivity index (χ4v) is 3.65. The van der Waals surface area contributed by atoms with Crippen LogP contribution in [0.3, 0.4) is 0 Å². The van der Waals surface area contributed by atoms with Crippen molar-refractivity contribution < 1.29 is 4.52 Å². The van der Waals surface area contributed by atoms with Gasteiger partial charge in [-0.2, -0.15) is 0 Å². The number of nitrogens with zero attached hydrogens (tertiary/aromatic N) is 2. The van der Waals surface area contributed by atoms with Crippen LogP contribution < -0.4 is 5.32 Å². The molecule has 4 aromatic rings. The van der Waals surface area contributed by atoms with E-state index in [0.717, 1.165) is 44.7 Å². The molecule has 0 aliphatic rings. The summed E-state index contributed by atoms with van der Waals surface area (Å²) in [6.07, 6.45) is 0. The topological polar surface area (TPSA) is 51.0 Å². The Balaban J connectivity index is 1.76. The molecule has 0 unspecified atom stereocenters. The minimum Gasteiger partial charge on any atom is -0.380 e. The lowest BCUT2D eigenvalue weighted by Gasteiger charge is -2.12. The van der Waals surface area contributed by atoms with E-state index in [1.54, 1.807) is 0 Å². The number of rotatable bonds is 4. The standard InChI is InChI=1S/C21H17Cl2N3O/c1-12-21(13(2)27-26-12)15-6-7-18-17(9-15)19(10-20(23)25-18)24-11-14-4-3-5-16(22)8-14/h3-10H,11H2,1-2H3,(H,24,25). The minimum absolute atomic E-state index is 0.446. The Bertz CT molecular complexity index is 1120. The van der Waals surface area contributed by atoms with Gasteiger partial charge in [0.25, 0.3) is 0 Å². The van der Waals surface area contributed by atoms with Crippen LogP contribution in [-0.4, -0.2) is 10.1 Å². The first-order chi connectivity index (χ1) is 13.0. The molecular formula is C21H17Cl2N3O. The lowest BCUT2D eigenvalue weighted by molar-refractivity contribution is 0.393. The summed E-state index contributed by atoms with van der Waals surface area (Å²) in [5.41, 5.74) is 5.74. The lowest BCUT2D eigenvalue weighted by atomic mass is 10.0. The highest BCUT2D eigenvalue weighted by Gasteiger charge is 2.13. The van der Waals surface area contributed by atoms with Gasteiger partial charge in [0.15, 0.2) is 0 Å². The number of aromatic nitrogens is 2. The van der Waals surface area contributed by atoms with Gasteiger partial charge in [-0.25, -0.2) is 4.98 Å². The van der Waals surface area contributed by atoms with Crippen LogP contribution in [0.1, 0.15) is 17.0 Å². The molecule has 0 fully saturated rings. The number of aryl methyl sites for hydroxylation is 2. The molecule has 0 atom stereocenters. The van der Waals surface area contributed by atoms with Crippen LogP contribution in [0, 0.1) is 13.8 Å². The van der Waals surface area contributed by atoms with Gasteiger partial charge in [-0.1, -0.05) is 46.6 Å². The second-order valence-electron chi connectivity index (χ2n) is 6.41. The van der Waals surface area contributed by atoms with Crippen LogP contribution in [-0.2, 0) is 6.54 Å². The van der Waals surface area contributed by atoms with E-state index in [1.165, 1.54) is 0 Å². The maximum Gasteiger partial charge on any atom is 0.141 e. The van der Waals surface area contributed by atoms with E-state index in [4.69, 9.17) is 27.7 Å². The molecular weight excluding hydrogens is 381 g/mol. The van der Waals surface area contributed by atoms with Gasteiger partial charge < -0.3 is 9.84 Å². The molecule has 136 valence electrons. The Morgan fingerprint density at radius 3 is 2.63 bits per heavy atom. The zero-order chi connectivity index (χ0) is 19.0. The number of pyridine rings is 1. The molecule has 0 saturated carbocycles.